The summed E-state index contributed by atoms with van der Waals surface area (Å²) in [7, 11) is 0. The van der Waals surface area contributed by atoms with Crippen molar-refractivity contribution in [3.63, 3.8) is 0 Å². The summed E-state index contributed by atoms with van der Waals surface area (Å²) in [4.78, 5) is 15.0. The number of halogens is 2. The van der Waals surface area contributed by atoms with Crippen LogP contribution in [0.5, 0.6) is 0 Å². The molecule has 2 nitrogen and oxygen atoms in total. The minimum absolute atomic E-state index is 0.131. The number of hydrogen-bond donors (Lipinski definition) is 0. The zero-order valence-electron chi connectivity index (χ0n) is 12.7. The maximum atomic E-state index is 12.9. The molecular weight excluding hydrogens is 350 g/mol. The first-order valence-electron chi connectivity index (χ1n) is 7.75. The Morgan fingerprint density at radius 3 is 2.62 bits per heavy atom. The zero-order valence-corrected chi connectivity index (χ0v) is 15.1. The lowest BCUT2D eigenvalue weighted by atomic mass is 10.1. The van der Waals surface area contributed by atoms with Crippen LogP contribution < -0.4 is 0 Å². The Morgan fingerprint density at radius 2 is 2.05 bits per heavy atom. The van der Waals surface area contributed by atoms with Gasteiger partial charge in [-0.25, -0.2) is 0 Å². The maximum Gasteiger partial charge on any atom is 0.255 e. The van der Waals surface area contributed by atoms with Crippen LogP contribution in [-0.4, -0.2) is 23.4 Å². The molecule has 1 aliphatic rings. The minimum atomic E-state index is 0.131. The van der Waals surface area contributed by atoms with Gasteiger partial charge in [-0.3, -0.25) is 4.79 Å². The fourth-order valence-electron chi connectivity index (χ4n) is 2.88. The quantitative estimate of drug-likeness (QED) is 0.665. The average molecular weight is 373 g/mol. The molecule has 4 heteroatoms. The highest BCUT2D eigenvalue weighted by atomic mass is 79.9. The van der Waals surface area contributed by atoms with E-state index in [1.54, 1.807) is 12.1 Å². The Labute approximate surface area is 141 Å². The largest absolute Gasteiger partial charge is 0.336 e. The van der Waals surface area contributed by atoms with E-state index in [1.165, 1.54) is 12.8 Å². The molecular formula is C17H23BrClNO. The minimum Gasteiger partial charge on any atom is -0.336 e. The van der Waals surface area contributed by atoms with Gasteiger partial charge in [0.05, 0.1) is 5.56 Å². The van der Waals surface area contributed by atoms with Gasteiger partial charge in [0.2, 0.25) is 0 Å². The summed E-state index contributed by atoms with van der Waals surface area (Å²) in [5, 5.41) is 0.646. The monoisotopic (exact) mass is 371 g/mol. The van der Waals surface area contributed by atoms with Gasteiger partial charge < -0.3 is 4.90 Å². The van der Waals surface area contributed by atoms with Crippen LogP contribution in [0.3, 0.4) is 0 Å². The molecule has 0 N–H and O–H groups in total. The highest BCUT2D eigenvalue weighted by molar-refractivity contribution is 9.10. The second-order valence-corrected chi connectivity index (χ2v) is 7.53. The van der Waals surface area contributed by atoms with Crippen molar-refractivity contribution in [1.29, 1.82) is 0 Å². The van der Waals surface area contributed by atoms with Crippen LogP contribution in [-0.2, 0) is 0 Å². The lowest BCUT2D eigenvalue weighted by Crippen LogP contribution is -2.40. The highest BCUT2D eigenvalue weighted by Crippen LogP contribution is 2.28. The first kappa shape index (κ1) is 16.8. The lowest BCUT2D eigenvalue weighted by molar-refractivity contribution is 0.0671. The molecule has 1 amide bonds. The van der Waals surface area contributed by atoms with Gasteiger partial charge in [-0.1, -0.05) is 38.3 Å². The van der Waals surface area contributed by atoms with Gasteiger partial charge in [-0.2, -0.15) is 0 Å². The molecule has 1 aromatic carbocycles. The molecule has 0 bridgehead atoms. The molecule has 0 spiro atoms. The van der Waals surface area contributed by atoms with Crippen molar-refractivity contribution in [1.82, 2.24) is 4.90 Å². The van der Waals surface area contributed by atoms with E-state index in [2.05, 4.69) is 34.7 Å². The van der Waals surface area contributed by atoms with E-state index in [0.717, 1.165) is 35.8 Å². The molecule has 0 heterocycles. The topological polar surface area (TPSA) is 20.3 Å². The number of carbonyl (C=O) groups excluding carboxylic acids is 1. The SMILES string of the molecule is CC(C)CCN(C(=O)c1ccc(Cl)cc1Br)C1CCCC1. The lowest BCUT2D eigenvalue weighted by Gasteiger charge is -2.30. The van der Waals surface area contributed by atoms with Crippen LogP contribution in [0.2, 0.25) is 5.02 Å². The fraction of sp³-hybridized carbons (Fsp3) is 0.588. The smallest absolute Gasteiger partial charge is 0.255 e. The average Bonchev–Trinajstić information content (AvgIpc) is 2.92. The van der Waals surface area contributed by atoms with E-state index in [1.807, 2.05) is 6.07 Å². The summed E-state index contributed by atoms with van der Waals surface area (Å²) in [5.41, 5.74) is 0.718. The predicted octanol–water partition coefficient (Wildman–Crippen LogP) is 5.53. The number of hydrogen-bond acceptors (Lipinski definition) is 1. The predicted molar refractivity (Wildman–Crippen MR) is 91.9 cm³/mol. The van der Waals surface area contributed by atoms with Crippen LogP contribution in [0.15, 0.2) is 22.7 Å². The Balaban J connectivity index is 2.19. The number of rotatable bonds is 5. The summed E-state index contributed by atoms with van der Waals surface area (Å²) in [6.07, 6.45) is 5.79. The maximum absolute atomic E-state index is 12.9. The summed E-state index contributed by atoms with van der Waals surface area (Å²) < 4.78 is 0.785. The first-order chi connectivity index (χ1) is 9.99. The normalized spacial score (nSPS) is 15.7. The van der Waals surface area contributed by atoms with E-state index in [0.29, 0.717) is 17.0 Å². The second-order valence-electron chi connectivity index (χ2n) is 6.24. The summed E-state index contributed by atoms with van der Waals surface area (Å²) in [6.45, 7) is 5.25. The van der Waals surface area contributed by atoms with Crippen molar-refractivity contribution < 1.29 is 4.79 Å². The Bertz CT molecular complexity index is 498. The molecule has 0 aliphatic heterocycles. The Hall–Kier alpha value is -0.540. The summed E-state index contributed by atoms with van der Waals surface area (Å²) in [5.74, 6) is 0.737. The van der Waals surface area contributed by atoms with Gasteiger partial charge in [0.1, 0.15) is 0 Å². The van der Waals surface area contributed by atoms with Gasteiger partial charge in [0.15, 0.2) is 0 Å². The molecule has 0 aromatic heterocycles. The van der Waals surface area contributed by atoms with E-state index in [4.69, 9.17) is 11.6 Å². The van der Waals surface area contributed by atoms with Crippen LogP contribution in [0.4, 0.5) is 0 Å². The summed E-state index contributed by atoms with van der Waals surface area (Å²) in [6, 6.07) is 5.81. The molecule has 0 atom stereocenters. The van der Waals surface area contributed by atoms with Gasteiger partial charge in [0.25, 0.3) is 5.91 Å². The van der Waals surface area contributed by atoms with Gasteiger partial charge in [0, 0.05) is 22.1 Å². The van der Waals surface area contributed by atoms with Gasteiger partial charge >= 0.3 is 0 Å². The van der Waals surface area contributed by atoms with E-state index >= 15 is 0 Å². The fourth-order valence-corrected chi connectivity index (χ4v) is 3.73. The highest BCUT2D eigenvalue weighted by Gasteiger charge is 2.28. The van der Waals surface area contributed by atoms with E-state index in [9.17, 15) is 4.79 Å². The first-order valence-corrected chi connectivity index (χ1v) is 8.92. The standard InChI is InChI=1S/C17H23BrClNO/c1-12(2)9-10-20(14-5-3-4-6-14)17(21)15-8-7-13(19)11-16(15)18/h7-8,11-12,14H,3-6,9-10H2,1-2H3. The molecule has 1 saturated carbocycles. The van der Waals surface area contributed by atoms with Crippen LogP contribution in [0, 0.1) is 5.92 Å². The number of nitrogens with zero attached hydrogens (tertiary/aromatic N) is 1. The molecule has 1 aliphatic carbocycles. The van der Waals surface area contributed by atoms with Crippen LogP contribution >= 0.6 is 27.5 Å². The molecule has 1 aromatic rings. The molecule has 21 heavy (non-hydrogen) atoms. The van der Waals surface area contributed by atoms with Crippen molar-refractivity contribution in [2.45, 2.75) is 52.0 Å². The second kappa shape index (κ2) is 7.64. The van der Waals surface area contributed by atoms with Crippen molar-refractivity contribution in [3.05, 3.63) is 33.3 Å². The molecule has 1 fully saturated rings. The van der Waals surface area contributed by atoms with Crippen molar-refractivity contribution >= 4 is 33.4 Å². The van der Waals surface area contributed by atoms with Crippen LogP contribution in [0.1, 0.15) is 56.3 Å². The third-order valence-electron chi connectivity index (χ3n) is 4.14. The Kier molecular flexibility index (Phi) is 6.12. The summed E-state index contributed by atoms with van der Waals surface area (Å²) >= 11 is 9.45. The number of amides is 1. The molecule has 0 radical (unpaired) electrons. The molecule has 0 unspecified atom stereocenters. The van der Waals surface area contributed by atoms with Crippen molar-refractivity contribution in [2.75, 3.05) is 6.54 Å². The van der Waals surface area contributed by atoms with Gasteiger partial charge in [-0.05, 0) is 59.3 Å². The number of carbonyl (C=O) groups is 1. The van der Waals surface area contributed by atoms with E-state index < -0.39 is 0 Å². The zero-order chi connectivity index (χ0) is 15.4. The molecule has 116 valence electrons. The van der Waals surface area contributed by atoms with Crippen molar-refractivity contribution in [3.8, 4) is 0 Å². The third kappa shape index (κ3) is 4.46. The van der Waals surface area contributed by atoms with Crippen LogP contribution in [0.25, 0.3) is 0 Å². The van der Waals surface area contributed by atoms with Crippen molar-refractivity contribution in [2.24, 2.45) is 5.92 Å². The Morgan fingerprint density at radius 1 is 1.38 bits per heavy atom. The molecule has 2 rings (SSSR count). The molecule has 0 saturated heterocycles. The van der Waals surface area contributed by atoms with E-state index in [-0.39, 0.29) is 5.91 Å². The number of benzene rings is 1. The van der Waals surface area contributed by atoms with Gasteiger partial charge in [-0.15, -0.1) is 0 Å². The third-order valence-corrected chi connectivity index (χ3v) is 5.03.